The molecule has 2 aliphatic rings. The summed E-state index contributed by atoms with van der Waals surface area (Å²) >= 11 is 0. The molecule has 1 aromatic rings. The Kier molecular flexibility index (Phi) is 2.76. The summed E-state index contributed by atoms with van der Waals surface area (Å²) in [5.74, 6) is 0.596. The van der Waals surface area contributed by atoms with Crippen LogP contribution in [0.15, 0.2) is 18.2 Å². The molecule has 1 aromatic carbocycles. The Morgan fingerprint density at radius 3 is 3.00 bits per heavy atom. The average molecular weight is 238 g/mol. The molecule has 92 valence electrons. The monoisotopic (exact) mass is 238 g/mol. The Morgan fingerprint density at radius 2 is 2.24 bits per heavy atom. The molecule has 0 spiro atoms. The lowest BCUT2D eigenvalue weighted by atomic mass is 9.91. The number of hydrogen-bond acceptors (Lipinski definition) is 3. The van der Waals surface area contributed by atoms with Crippen molar-refractivity contribution in [1.29, 1.82) is 0 Å². The molecule has 1 N–H and O–H groups in total. The number of benzene rings is 1. The molecule has 0 aromatic heterocycles. The molecule has 2 heterocycles. The van der Waals surface area contributed by atoms with E-state index < -0.39 is 6.10 Å². The SMILES string of the molecule is O[C@@H]1CC(C2CCOC2)Oc2ccc(F)cc21. The minimum absolute atomic E-state index is 0.0227. The van der Waals surface area contributed by atoms with Gasteiger partial charge in [-0.15, -0.1) is 0 Å². The summed E-state index contributed by atoms with van der Waals surface area (Å²) in [5, 5.41) is 10.0. The third kappa shape index (κ3) is 2.03. The van der Waals surface area contributed by atoms with Gasteiger partial charge in [-0.25, -0.2) is 4.39 Å². The molecule has 3 rings (SSSR count). The predicted molar refractivity (Wildman–Crippen MR) is 59.3 cm³/mol. The molecule has 3 nitrogen and oxygen atoms in total. The van der Waals surface area contributed by atoms with Gasteiger partial charge in [-0.2, -0.15) is 0 Å². The molecule has 0 saturated carbocycles. The highest BCUT2D eigenvalue weighted by Gasteiger charge is 2.34. The quantitative estimate of drug-likeness (QED) is 0.813. The van der Waals surface area contributed by atoms with Crippen LogP contribution in [-0.2, 0) is 4.74 Å². The number of hydrogen-bond donors (Lipinski definition) is 1. The van der Waals surface area contributed by atoms with Gasteiger partial charge in [-0.1, -0.05) is 0 Å². The fourth-order valence-corrected chi connectivity index (χ4v) is 2.58. The molecular formula is C13H15FO3. The summed E-state index contributed by atoms with van der Waals surface area (Å²) in [7, 11) is 0. The van der Waals surface area contributed by atoms with Crippen LogP contribution in [0.25, 0.3) is 0 Å². The van der Waals surface area contributed by atoms with E-state index in [1.807, 2.05) is 0 Å². The lowest BCUT2D eigenvalue weighted by Crippen LogP contribution is -2.33. The summed E-state index contributed by atoms with van der Waals surface area (Å²) in [6, 6.07) is 4.30. The molecule has 2 unspecified atom stereocenters. The van der Waals surface area contributed by atoms with Crippen LogP contribution in [0.4, 0.5) is 4.39 Å². The highest BCUT2D eigenvalue weighted by Crippen LogP contribution is 2.38. The number of rotatable bonds is 1. The van der Waals surface area contributed by atoms with E-state index in [4.69, 9.17) is 9.47 Å². The Balaban J connectivity index is 1.84. The largest absolute Gasteiger partial charge is 0.490 e. The predicted octanol–water partition coefficient (Wildman–Crippen LogP) is 2.05. The third-order valence-corrected chi connectivity index (χ3v) is 3.56. The minimum Gasteiger partial charge on any atom is -0.490 e. The van der Waals surface area contributed by atoms with Crippen LogP contribution in [0, 0.1) is 11.7 Å². The molecule has 0 amide bonds. The standard InChI is InChI=1S/C13H15FO3/c14-9-1-2-12-10(5-9)11(15)6-13(17-12)8-3-4-16-7-8/h1-2,5,8,11,13,15H,3-4,6-7H2/t8?,11-,13?/m1/s1. The highest BCUT2D eigenvalue weighted by molar-refractivity contribution is 5.37. The zero-order valence-corrected chi connectivity index (χ0v) is 9.43. The van der Waals surface area contributed by atoms with E-state index in [1.54, 1.807) is 6.07 Å². The summed E-state index contributed by atoms with van der Waals surface area (Å²) in [5.41, 5.74) is 0.556. The third-order valence-electron chi connectivity index (χ3n) is 3.56. The number of halogens is 1. The Morgan fingerprint density at radius 1 is 1.35 bits per heavy atom. The second kappa shape index (κ2) is 4.27. The number of ether oxygens (including phenoxy) is 2. The normalized spacial score (nSPS) is 32.0. The number of aliphatic hydroxyl groups is 1. The van der Waals surface area contributed by atoms with Crippen molar-refractivity contribution in [2.45, 2.75) is 25.0 Å². The van der Waals surface area contributed by atoms with Gasteiger partial charge in [0.05, 0.1) is 12.7 Å². The minimum atomic E-state index is -0.639. The van der Waals surface area contributed by atoms with Gasteiger partial charge in [0.1, 0.15) is 17.7 Å². The number of aliphatic hydroxyl groups excluding tert-OH is 1. The summed E-state index contributed by atoms with van der Waals surface area (Å²) < 4.78 is 24.2. The van der Waals surface area contributed by atoms with Crippen LogP contribution in [0.2, 0.25) is 0 Å². The highest BCUT2D eigenvalue weighted by atomic mass is 19.1. The van der Waals surface area contributed by atoms with Gasteiger partial charge in [-0.3, -0.25) is 0 Å². The lowest BCUT2D eigenvalue weighted by Gasteiger charge is -2.32. The number of fused-ring (bicyclic) bond motifs is 1. The van der Waals surface area contributed by atoms with Gasteiger partial charge in [0.2, 0.25) is 0 Å². The van der Waals surface area contributed by atoms with Gasteiger partial charge in [-0.05, 0) is 24.6 Å². The summed E-state index contributed by atoms with van der Waals surface area (Å²) in [6.45, 7) is 1.45. The first-order valence-corrected chi connectivity index (χ1v) is 5.96. The zero-order valence-electron chi connectivity index (χ0n) is 9.43. The molecular weight excluding hydrogens is 223 g/mol. The van der Waals surface area contributed by atoms with Crippen LogP contribution >= 0.6 is 0 Å². The Labute approximate surface area is 99.2 Å². The van der Waals surface area contributed by atoms with E-state index in [-0.39, 0.29) is 11.9 Å². The van der Waals surface area contributed by atoms with Crippen LogP contribution in [0.3, 0.4) is 0 Å². The lowest BCUT2D eigenvalue weighted by molar-refractivity contribution is 0.0299. The molecule has 3 atom stereocenters. The van der Waals surface area contributed by atoms with E-state index in [1.165, 1.54) is 12.1 Å². The maximum absolute atomic E-state index is 13.1. The topological polar surface area (TPSA) is 38.7 Å². The van der Waals surface area contributed by atoms with E-state index in [0.717, 1.165) is 13.0 Å². The Hall–Kier alpha value is -1.13. The summed E-state index contributed by atoms with van der Waals surface area (Å²) in [4.78, 5) is 0. The molecule has 0 bridgehead atoms. The van der Waals surface area contributed by atoms with Crippen LogP contribution in [-0.4, -0.2) is 24.4 Å². The molecule has 1 saturated heterocycles. The molecule has 0 aliphatic carbocycles. The van der Waals surface area contributed by atoms with Crippen molar-refractivity contribution >= 4 is 0 Å². The first-order valence-electron chi connectivity index (χ1n) is 5.96. The van der Waals surface area contributed by atoms with E-state index in [2.05, 4.69) is 0 Å². The zero-order chi connectivity index (χ0) is 11.8. The van der Waals surface area contributed by atoms with E-state index in [0.29, 0.717) is 30.3 Å². The van der Waals surface area contributed by atoms with Gasteiger partial charge < -0.3 is 14.6 Å². The maximum Gasteiger partial charge on any atom is 0.125 e. The molecule has 1 fully saturated rings. The maximum atomic E-state index is 13.1. The van der Waals surface area contributed by atoms with Crippen molar-refractivity contribution in [1.82, 2.24) is 0 Å². The van der Waals surface area contributed by atoms with E-state index >= 15 is 0 Å². The van der Waals surface area contributed by atoms with Crippen molar-refractivity contribution in [2.24, 2.45) is 5.92 Å². The van der Waals surface area contributed by atoms with Crippen molar-refractivity contribution in [2.75, 3.05) is 13.2 Å². The fourth-order valence-electron chi connectivity index (χ4n) is 2.58. The van der Waals surface area contributed by atoms with Gasteiger partial charge in [0, 0.05) is 24.5 Å². The molecule has 0 radical (unpaired) electrons. The summed E-state index contributed by atoms with van der Waals surface area (Å²) in [6.07, 6.45) is 0.823. The van der Waals surface area contributed by atoms with Crippen molar-refractivity contribution in [3.05, 3.63) is 29.6 Å². The molecule has 4 heteroatoms. The van der Waals surface area contributed by atoms with Crippen LogP contribution in [0.5, 0.6) is 5.75 Å². The first kappa shape index (κ1) is 11.0. The van der Waals surface area contributed by atoms with Crippen molar-refractivity contribution < 1.29 is 19.0 Å². The van der Waals surface area contributed by atoms with Crippen molar-refractivity contribution in [3.8, 4) is 5.75 Å². The van der Waals surface area contributed by atoms with Crippen molar-refractivity contribution in [3.63, 3.8) is 0 Å². The second-order valence-corrected chi connectivity index (χ2v) is 4.71. The Bertz CT molecular complexity index is 415. The van der Waals surface area contributed by atoms with Gasteiger partial charge in [0.25, 0.3) is 0 Å². The van der Waals surface area contributed by atoms with Crippen LogP contribution < -0.4 is 4.74 Å². The van der Waals surface area contributed by atoms with E-state index in [9.17, 15) is 9.50 Å². The first-order chi connectivity index (χ1) is 8.24. The smallest absolute Gasteiger partial charge is 0.125 e. The average Bonchev–Trinajstić information content (AvgIpc) is 2.83. The molecule has 17 heavy (non-hydrogen) atoms. The fraction of sp³-hybridized carbons (Fsp3) is 0.538. The van der Waals surface area contributed by atoms with Gasteiger partial charge in [0.15, 0.2) is 0 Å². The van der Waals surface area contributed by atoms with Crippen LogP contribution in [0.1, 0.15) is 24.5 Å². The second-order valence-electron chi connectivity index (χ2n) is 4.71. The molecule has 2 aliphatic heterocycles. The van der Waals surface area contributed by atoms with Gasteiger partial charge >= 0.3 is 0 Å².